The van der Waals surface area contributed by atoms with Crippen molar-refractivity contribution in [2.45, 2.75) is 20.3 Å². The molecule has 0 fully saturated rings. The molecule has 0 aliphatic carbocycles. The van der Waals surface area contributed by atoms with Crippen LogP contribution in [0.2, 0.25) is 0 Å². The second-order valence-electron chi connectivity index (χ2n) is 6.81. The molecule has 0 unspecified atom stereocenters. The number of benzene rings is 2. The Kier molecular flexibility index (Phi) is 5.73. The maximum Gasteiger partial charge on any atom is 0.256 e. The minimum Gasteiger partial charge on any atom is -0.348 e. The molecule has 0 radical (unpaired) electrons. The van der Waals surface area contributed by atoms with Gasteiger partial charge in [-0.3, -0.25) is 9.59 Å². The van der Waals surface area contributed by atoms with E-state index in [4.69, 9.17) is 0 Å². The fraction of sp³-hybridized carbons (Fsp3) is 0.217. The molecule has 1 aliphatic rings. The monoisotopic (exact) mass is 378 g/mol. The van der Waals surface area contributed by atoms with E-state index in [0.29, 0.717) is 34.5 Å². The molecule has 28 heavy (non-hydrogen) atoms. The summed E-state index contributed by atoms with van der Waals surface area (Å²) in [6, 6.07) is 13.2. The number of allylic oxidation sites excluding steroid dienone is 1. The van der Waals surface area contributed by atoms with Gasteiger partial charge in [-0.2, -0.15) is 0 Å². The fourth-order valence-corrected chi connectivity index (χ4v) is 3.26. The van der Waals surface area contributed by atoms with Crippen molar-refractivity contribution in [3.63, 3.8) is 0 Å². The highest BCUT2D eigenvalue weighted by Crippen LogP contribution is 2.35. The van der Waals surface area contributed by atoms with Crippen molar-refractivity contribution in [2.24, 2.45) is 0 Å². The molecule has 2 aromatic rings. The van der Waals surface area contributed by atoms with E-state index in [0.717, 1.165) is 12.0 Å². The van der Waals surface area contributed by atoms with Gasteiger partial charge in [-0.25, -0.2) is 4.39 Å². The van der Waals surface area contributed by atoms with Crippen molar-refractivity contribution in [3.05, 3.63) is 88.9 Å². The topological polar surface area (TPSA) is 49.4 Å². The number of carbonyl (C=O) groups excluding carboxylic acids is 2. The third-order valence-corrected chi connectivity index (χ3v) is 4.74. The Bertz CT molecular complexity index is 944. The molecular weight excluding hydrogens is 355 g/mol. The summed E-state index contributed by atoms with van der Waals surface area (Å²) in [5, 5.41) is 2.83. The van der Waals surface area contributed by atoms with Gasteiger partial charge in [0.1, 0.15) is 5.82 Å². The lowest BCUT2D eigenvalue weighted by atomic mass is 10.00. The third kappa shape index (κ3) is 3.88. The van der Waals surface area contributed by atoms with Crippen molar-refractivity contribution in [1.29, 1.82) is 0 Å². The van der Waals surface area contributed by atoms with Gasteiger partial charge in [0.15, 0.2) is 0 Å². The number of aryl methyl sites for hydroxylation is 1. The molecule has 5 heteroatoms. The predicted octanol–water partition coefficient (Wildman–Crippen LogP) is 4.08. The number of nitrogens with one attached hydrogen (secondary N) is 1. The van der Waals surface area contributed by atoms with Gasteiger partial charge in [-0.1, -0.05) is 43.3 Å². The van der Waals surface area contributed by atoms with E-state index in [-0.39, 0.29) is 24.2 Å². The number of carbonyl (C=O) groups is 2. The molecule has 1 heterocycles. The van der Waals surface area contributed by atoms with Gasteiger partial charge in [0, 0.05) is 35.5 Å². The number of halogens is 1. The van der Waals surface area contributed by atoms with Crippen molar-refractivity contribution < 1.29 is 14.0 Å². The Morgan fingerprint density at radius 2 is 1.75 bits per heavy atom. The van der Waals surface area contributed by atoms with Crippen LogP contribution in [-0.4, -0.2) is 29.8 Å². The second kappa shape index (κ2) is 8.21. The summed E-state index contributed by atoms with van der Waals surface area (Å²) in [4.78, 5) is 27.0. The molecule has 4 nitrogen and oxygen atoms in total. The van der Waals surface area contributed by atoms with Gasteiger partial charge in [-0.15, -0.1) is 0 Å². The average molecular weight is 378 g/mol. The van der Waals surface area contributed by atoms with Crippen molar-refractivity contribution in [1.82, 2.24) is 10.2 Å². The molecule has 2 aromatic carbocycles. The van der Waals surface area contributed by atoms with Crippen LogP contribution in [0.4, 0.5) is 4.39 Å². The first-order valence-corrected chi connectivity index (χ1v) is 9.27. The highest BCUT2D eigenvalue weighted by atomic mass is 19.1. The second-order valence-corrected chi connectivity index (χ2v) is 6.81. The fourth-order valence-electron chi connectivity index (χ4n) is 3.26. The van der Waals surface area contributed by atoms with Gasteiger partial charge in [0.2, 0.25) is 0 Å². The Morgan fingerprint density at radius 1 is 1.11 bits per heavy atom. The van der Waals surface area contributed by atoms with Crippen molar-refractivity contribution >= 4 is 17.4 Å². The van der Waals surface area contributed by atoms with Gasteiger partial charge < -0.3 is 10.2 Å². The zero-order chi connectivity index (χ0) is 20.3. The number of hydrogen-bond acceptors (Lipinski definition) is 2. The van der Waals surface area contributed by atoms with E-state index in [1.54, 1.807) is 29.2 Å². The van der Waals surface area contributed by atoms with Crippen molar-refractivity contribution in [2.75, 3.05) is 13.1 Å². The van der Waals surface area contributed by atoms with Crippen LogP contribution >= 0.6 is 0 Å². The lowest BCUT2D eigenvalue weighted by Gasteiger charge is -2.18. The SMILES string of the molecule is C=C1C(c2ccc(F)cc2)=C(CNC(=O)c2ccc(C)cc2)C(=O)N1CCC. The smallest absolute Gasteiger partial charge is 0.256 e. The maximum atomic E-state index is 13.3. The summed E-state index contributed by atoms with van der Waals surface area (Å²) in [6.07, 6.45) is 0.782. The van der Waals surface area contributed by atoms with Gasteiger partial charge in [0.25, 0.3) is 11.8 Å². The molecule has 0 aromatic heterocycles. The molecule has 1 aliphatic heterocycles. The van der Waals surface area contributed by atoms with E-state index in [9.17, 15) is 14.0 Å². The van der Waals surface area contributed by atoms with Gasteiger partial charge in [0.05, 0.1) is 0 Å². The highest BCUT2D eigenvalue weighted by molar-refractivity contribution is 6.12. The quantitative estimate of drug-likeness (QED) is 0.823. The molecule has 1 N–H and O–H groups in total. The minimum absolute atomic E-state index is 0.0808. The molecule has 0 spiro atoms. The highest BCUT2D eigenvalue weighted by Gasteiger charge is 2.34. The minimum atomic E-state index is -0.348. The normalized spacial score (nSPS) is 14.0. The van der Waals surface area contributed by atoms with Gasteiger partial charge in [-0.05, 0) is 43.2 Å². The van der Waals surface area contributed by atoms with Crippen LogP contribution in [0, 0.1) is 12.7 Å². The van der Waals surface area contributed by atoms with E-state index in [1.807, 2.05) is 26.0 Å². The number of nitrogens with zero attached hydrogens (tertiary/aromatic N) is 1. The zero-order valence-electron chi connectivity index (χ0n) is 16.1. The Balaban J connectivity index is 1.89. The number of hydrogen-bond donors (Lipinski definition) is 1. The summed E-state index contributed by atoms with van der Waals surface area (Å²) in [7, 11) is 0. The van der Waals surface area contributed by atoms with E-state index in [2.05, 4.69) is 11.9 Å². The molecule has 0 saturated carbocycles. The number of amides is 2. The van der Waals surface area contributed by atoms with Crippen molar-refractivity contribution in [3.8, 4) is 0 Å². The van der Waals surface area contributed by atoms with Crippen LogP contribution in [0.25, 0.3) is 5.57 Å². The molecule has 0 atom stereocenters. The first-order valence-electron chi connectivity index (χ1n) is 9.27. The van der Waals surface area contributed by atoms with Crippen LogP contribution in [0.1, 0.15) is 34.8 Å². The van der Waals surface area contributed by atoms with Crippen LogP contribution < -0.4 is 5.32 Å². The van der Waals surface area contributed by atoms with Crippen LogP contribution in [-0.2, 0) is 4.79 Å². The Labute approximate surface area is 164 Å². The summed E-state index contributed by atoms with van der Waals surface area (Å²) in [5.41, 5.74) is 4.00. The molecule has 144 valence electrons. The van der Waals surface area contributed by atoms with E-state index >= 15 is 0 Å². The summed E-state index contributed by atoms with van der Waals surface area (Å²) >= 11 is 0. The Hall–Kier alpha value is -3.21. The summed E-state index contributed by atoms with van der Waals surface area (Å²) in [6.45, 7) is 8.62. The van der Waals surface area contributed by atoms with E-state index in [1.165, 1.54) is 12.1 Å². The molecular formula is C23H23FN2O2. The zero-order valence-corrected chi connectivity index (χ0v) is 16.1. The number of rotatable bonds is 6. The van der Waals surface area contributed by atoms with Crippen LogP contribution in [0.15, 0.2) is 66.4 Å². The van der Waals surface area contributed by atoms with Gasteiger partial charge >= 0.3 is 0 Å². The average Bonchev–Trinajstić information content (AvgIpc) is 2.92. The largest absolute Gasteiger partial charge is 0.348 e. The molecule has 3 rings (SSSR count). The van der Waals surface area contributed by atoms with Crippen LogP contribution in [0.5, 0.6) is 0 Å². The third-order valence-electron chi connectivity index (χ3n) is 4.74. The first-order chi connectivity index (χ1) is 13.4. The first kappa shape index (κ1) is 19.5. The summed E-state index contributed by atoms with van der Waals surface area (Å²) in [5.74, 6) is -0.771. The molecule has 0 saturated heterocycles. The predicted molar refractivity (Wildman–Crippen MR) is 108 cm³/mol. The molecule has 2 amide bonds. The summed E-state index contributed by atoms with van der Waals surface area (Å²) < 4.78 is 13.3. The lowest BCUT2D eigenvalue weighted by molar-refractivity contribution is -0.124. The maximum absolute atomic E-state index is 13.3. The lowest BCUT2D eigenvalue weighted by Crippen LogP contribution is -2.31. The van der Waals surface area contributed by atoms with E-state index < -0.39 is 0 Å². The molecule has 0 bridgehead atoms. The van der Waals surface area contributed by atoms with Crippen LogP contribution in [0.3, 0.4) is 0 Å². The standard InChI is InChI=1S/C23H23FN2O2/c1-4-13-26-16(3)21(17-9-11-19(24)12-10-17)20(23(26)28)14-25-22(27)18-7-5-15(2)6-8-18/h5-12H,3-4,13-14H2,1-2H3,(H,25,27). The Morgan fingerprint density at radius 3 is 2.36 bits per heavy atom.